The lowest BCUT2D eigenvalue weighted by Crippen LogP contribution is -2.27. The molecule has 0 fully saturated rings. The summed E-state index contributed by atoms with van der Waals surface area (Å²) in [5.74, 6) is -0.342. The average molecular weight is 408 g/mol. The van der Waals surface area contributed by atoms with Crippen LogP contribution in [-0.2, 0) is 9.59 Å². The molecule has 0 saturated heterocycles. The first kappa shape index (κ1) is 20.4. The monoisotopic (exact) mass is 407 g/mol. The van der Waals surface area contributed by atoms with Crippen molar-refractivity contribution in [1.29, 1.82) is 0 Å². The lowest BCUT2D eigenvalue weighted by atomic mass is 10.1. The van der Waals surface area contributed by atoms with Gasteiger partial charge >= 0.3 is 0 Å². The van der Waals surface area contributed by atoms with Crippen molar-refractivity contribution < 1.29 is 9.59 Å². The van der Waals surface area contributed by atoms with E-state index in [1.807, 2.05) is 61.5 Å². The molecular formula is C23H22ClN3O2. The molecule has 0 unspecified atom stereocenters. The fourth-order valence-electron chi connectivity index (χ4n) is 2.85. The molecule has 0 aliphatic carbocycles. The first-order valence-corrected chi connectivity index (χ1v) is 9.56. The Kier molecular flexibility index (Phi) is 6.52. The Labute approximate surface area is 175 Å². The number of halogens is 1. The molecule has 0 aliphatic rings. The van der Waals surface area contributed by atoms with Gasteiger partial charge in [-0.2, -0.15) is 0 Å². The smallest absolute Gasteiger partial charge is 0.251 e. The normalized spacial score (nSPS) is 11.4. The lowest BCUT2D eigenvalue weighted by Gasteiger charge is -2.20. The third kappa shape index (κ3) is 5.59. The Morgan fingerprint density at radius 1 is 0.828 bits per heavy atom. The molecular weight excluding hydrogens is 386 g/mol. The van der Waals surface area contributed by atoms with E-state index in [0.717, 1.165) is 16.8 Å². The minimum Gasteiger partial charge on any atom is -0.370 e. The first-order valence-electron chi connectivity index (χ1n) is 9.18. The van der Waals surface area contributed by atoms with E-state index in [2.05, 4.69) is 16.0 Å². The zero-order valence-electron chi connectivity index (χ0n) is 16.2. The third-order valence-electron chi connectivity index (χ3n) is 4.35. The van der Waals surface area contributed by atoms with Gasteiger partial charge in [-0.05, 0) is 54.4 Å². The number of aryl methyl sites for hydroxylation is 1. The number of benzene rings is 3. The summed E-state index contributed by atoms with van der Waals surface area (Å²) in [6.07, 6.45) is 0. The van der Waals surface area contributed by atoms with Crippen molar-refractivity contribution in [3.63, 3.8) is 0 Å². The number of carbonyl (C=O) groups excluding carboxylic acids is 2. The second-order valence-corrected chi connectivity index (χ2v) is 7.11. The van der Waals surface area contributed by atoms with Gasteiger partial charge in [-0.15, -0.1) is 0 Å². The van der Waals surface area contributed by atoms with Gasteiger partial charge in [0.15, 0.2) is 0 Å². The third-order valence-corrected chi connectivity index (χ3v) is 4.76. The van der Waals surface area contributed by atoms with E-state index in [1.165, 1.54) is 6.92 Å². The van der Waals surface area contributed by atoms with Crippen LogP contribution < -0.4 is 16.0 Å². The molecule has 5 nitrogen and oxygen atoms in total. The maximum atomic E-state index is 13.1. The van der Waals surface area contributed by atoms with Crippen molar-refractivity contribution in [2.75, 3.05) is 16.0 Å². The topological polar surface area (TPSA) is 70.2 Å². The van der Waals surface area contributed by atoms with Gasteiger partial charge in [0.05, 0.1) is 0 Å². The highest BCUT2D eigenvalue weighted by Gasteiger charge is 2.21. The van der Waals surface area contributed by atoms with Gasteiger partial charge in [0.1, 0.15) is 6.04 Å². The van der Waals surface area contributed by atoms with E-state index in [4.69, 9.17) is 11.6 Å². The summed E-state index contributed by atoms with van der Waals surface area (Å²) >= 11 is 6.18. The molecule has 1 atom stereocenters. The number of carbonyl (C=O) groups is 2. The van der Waals surface area contributed by atoms with Crippen LogP contribution in [-0.4, -0.2) is 11.8 Å². The van der Waals surface area contributed by atoms with Gasteiger partial charge in [0.25, 0.3) is 5.91 Å². The van der Waals surface area contributed by atoms with Crippen LogP contribution in [0.5, 0.6) is 0 Å². The molecule has 148 valence electrons. The van der Waals surface area contributed by atoms with Gasteiger partial charge in [-0.25, -0.2) is 0 Å². The van der Waals surface area contributed by atoms with Crippen LogP contribution in [0.3, 0.4) is 0 Å². The highest BCUT2D eigenvalue weighted by atomic mass is 35.5. The molecule has 0 radical (unpaired) electrons. The second kappa shape index (κ2) is 9.26. The van der Waals surface area contributed by atoms with E-state index in [1.54, 1.807) is 18.2 Å². The van der Waals surface area contributed by atoms with Crippen molar-refractivity contribution in [2.45, 2.75) is 19.9 Å². The summed E-state index contributed by atoms with van der Waals surface area (Å²) in [6, 6.07) is 21.5. The highest BCUT2D eigenvalue weighted by Crippen LogP contribution is 2.25. The Morgan fingerprint density at radius 2 is 1.45 bits per heavy atom. The number of nitrogens with one attached hydrogen (secondary N) is 3. The summed E-state index contributed by atoms with van der Waals surface area (Å²) in [6.45, 7) is 3.37. The summed E-state index contributed by atoms with van der Waals surface area (Å²) in [5.41, 5.74) is 3.85. The number of amides is 2. The quantitative estimate of drug-likeness (QED) is 0.512. The van der Waals surface area contributed by atoms with Crippen LogP contribution in [0.4, 0.5) is 17.1 Å². The zero-order valence-corrected chi connectivity index (χ0v) is 17.0. The standard InChI is InChI=1S/C23H22ClN3O2/c1-15-8-9-20(14-21(15)24)27-23(29)22(17-6-4-3-5-7-17)26-19-12-10-18(11-13-19)25-16(2)28/h3-14,22,26H,1-2H3,(H,25,28)(H,27,29)/t22-/m0/s1. The van der Waals surface area contributed by atoms with E-state index in [9.17, 15) is 9.59 Å². The summed E-state index contributed by atoms with van der Waals surface area (Å²) in [4.78, 5) is 24.2. The van der Waals surface area contributed by atoms with Gasteiger partial charge in [0.2, 0.25) is 5.91 Å². The predicted octanol–water partition coefficient (Wildman–Crippen LogP) is 5.40. The van der Waals surface area contributed by atoms with Crippen LogP contribution in [0, 0.1) is 6.92 Å². The number of hydrogen-bond acceptors (Lipinski definition) is 3. The lowest BCUT2D eigenvalue weighted by molar-refractivity contribution is -0.117. The summed E-state index contributed by atoms with van der Waals surface area (Å²) < 4.78 is 0. The van der Waals surface area contributed by atoms with Crippen LogP contribution in [0.1, 0.15) is 24.1 Å². The van der Waals surface area contributed by atoms with Gasteiger partial charge in [-0.1, -0.05) is 48.0 Å². The van der Waals surface area contributed by atoms with E-state index in [0.29, 0.717) is 16.4 Å². The molecule has 3 rings (SSSR count). The van der Waals surface area contributed by atoms with Gasteiger partial charge in [0, 0.05) is 29.0 Å². The fraction of sp³-hybridized carbons (Fsp3) is 0.130. The Morgan fingerprint density at radius 3 is 2.07 bits per heavy atom. The molecule has 0 bridgehead atoms. The van der Waals surface area contributed by atoms with E-state index in [-0.39, 0.29) is 11.8 Å². The van der Waals surface area contributed by atoms with Crippen molar-refractivity contribution in [2.24, 2.45) is 0 Å². The Balaban J connectivity index is 1.82. The number of hydrogen-bond donors (Lipinski definition) is 3. The molecule has 0 aromatic heterocycles. The van der Waals surface area contributed by atoms with Gasteiger partial charge < -0.3 is 16.0 Å². The SMILES string of the molecule is CC(=O)Nc1ccc(N[C@H](C(=O)Nc2ccc(C)c(Cl)c2)c2ccccc2)cc1. The molecule has 3 N–H and O–H groups in total. The predicted molar refractivity (Wildman–Crippen MR) is 118 cm³/mol. The fourth-order valence-corrected chi connectivity index (χ4v) is 3.03. The minimum absolute atomic E-state index is 0.135. The minimum atomic E-state index is -0.608. The molecule has 0 spiro atoms. The van der Waals surface area contributed by atoms with Crippen LogP contribution in [0.25, 0.3) is 0 Å². The molecule has 3 aromatic carbocycles. The molecule has 2 amide bonds. The molecule has 3 aromatic rings. The van der Waals surface area contributed by atoms with Crippen molar-refractivity contribution in [3.05, 3.63) is 88.9 Å². The van der Waals surface area contributed by atoms with Crippen LogP contribution in [0.2, 0.25) is 5.02 Å². The summed E-state index contributed by atoms with van der Waals surface area (Å²) in [7, 11) is 0. The Bertz CT molecular complexity index is 1000. The van der Waals surface area contributed by atoms with E-state index < -0.39 is 6.04 Å². The molecule has 0 saturated carbocycles. The molecule has 0 aliphatic heterocycles. The Hall–Kier alpha value is -3.31. The highest BCUT2D eigenvalue weighted by molar-refractivity contribution is 6.31. The molecule has 0 heterocycles. The average Bonchev–Trinajstić information content (AvgIpc) is 2.70. The van der Waals surface area contributed by atoms with Crippen molar-refractivity contribution in [1.82, 2.24) is 0 Å². The van der Waals surface area contributed by atoms with Crippen LogP contribution >= 0.6 is 11.6 Å². The van der Waals surface area contributed by atoms with Crippen molar-refractivity contribution >= 4 is 40.5 Å². The number of anilines is 3. The number of rotatable bonds is 6. The molecule has 6 heteroatoms. The second-order valence-electron chi connectivity index (χ2n) is 6.70. The maximum absolute atomic E-state index is 13.1. The molecule has 29 heavy (non-hydrogen) atoms. The zero-order chi connectivity index (χ0) is 20.8. The van der Waals surface area contributed by atoms with Crippen molar-refractivity contribution in [3.8, 4) is 0 Å². The van der Waals surface area contributed by atoms with Gasteiger partial charge in [-0.3, -0.25) is 9.59 Å². The summed E-state index contributed by atoms with van der Waals surface area (Å²) in [5, 5.41) is 9.51. The maximum Gasteiger partial charge on any atom is 0.251 e. The van der Waals surface area contributed by atoms with Crippen LogP contribution in [0.15, 0.2) is 72.8 Å². The van der Waals surface area contributed by atoms with E-state index >= 15 is 0 Å². The largest absolute Gasteiger partial charge is 0.370 e. The first-order chi connectivity index (χ1) is 13.9.